The van der Waals surface area contributed by atoms with Gasteiger partial charge in [0.1, 0.15) is 30.2 Å². The molecule has 0 amide bonds. The number of aryl methyl sites for hydroxylation is 1. The second-order valence-corrected chi connectivity index (χ2v) is 14.8. The van der Waals surface area contributed by atoms with Crippen molar-refractivity contribution in [2.75, 3.05) is 13.7 Å². The first-order valence-electron chi connectivity index (χ1n) is 20.1. The van der Waals surface area contributed by atoms with Crippen LogP contribution in [-0.4, -0.2) is 43.2 Å². The molecule has 8 nitrogen and oxygen atoms in total. The van der Waals surface area contributed by atoms with Crippen LogP contribution in [0.5, 0.6) is 5.75 Å². The molecular weight excluding hydrogens is 739 g/mol. The molecule has 1 aliphatic rings. The summed E-state index contributed by atoms with van der Waals surface area (Å²) in [4.78, 5) is 0. The van der Waals surface area contributed by atoms with E-state index in [4.69, 9.17) is 28.4 Å². The van der Waals surface area contributed by atoms with Crippen LogP contribution in [0, 0.1) is 11.3 Å². The molecule has 0 aliphatic carbocycles. The minimum absolute atomic E-state index is 0.0580. The van der Waals surface area contributed by atoms with Gasteiger partial charge in [-0.25, -0.2) is 0 Å². The number of benzene rings is 6. The number of rotatable bonds is 18. The van der Waals surface area contributed by atoms with Crippen LogP contribution in [0.2, 0.25) is 0 Å². The Balaban J connectivity index is 1.34. The second kappa shape index (κ2) is 20.4. The molecule has 0 aromatic heterocycles. The smallest absolute Gasteiger partial charge is 0.226 e. The van der Waals surface area contributed by atoms with Crippen molar-refractivity contribution in [3.8, 4) is 11.8 Å². The van der Waals surface area contributed by atoms with Gasteiger partial charge in [-0.3, -0.25) is 0 Å². The third-order valence-electron chi connectivity index (χ3n) is 10.7. The summed E-state index contributed by atoms with van der Waals surface area (Å²) in [6.45, 7) is 3.09. The summed E-state index contributed by atoms with van der Waals surface area (Å²) in [5.74, 6) is -1.90. The molecule has 7 rings (SSSR count). The number of ether oxygens (including phenoxy) is 6. The zero-order valence-electron chi connectivity index (χ0n) is 33.6. The summed E-state index contributed by atoms with van der Waals surface area (Å²) >= 11 is 0. The summed E-state index contributed by atoms with van der Waals surface area (Å²) in [5.41, 5.74) is 7.47. The molecule has 6 aromatic rings. The number of methoxy groups -OCH3 is 1. The van der Waals surface area contributed by atoms with Crippen molar-refractivity contribution in [1.82, 2.24) is 0 Å². The van der Waals surface area contributed by atoms with E-state index >= 15 is 0 Å². The average Bonchev–Trinajstić information content (AvgIpc) is 3.29. The van der Waals surface area contributed by atoms with Gasteiger partial charge in [0.25, 0.3) is 0 Å². The maximum Gasteiger partial charge on any atom is 0.226 e. The molecule has 0 radical (unpaired) electrons. The Morgan fingerprint density at radius 3 is 1.61 bits per heavy atom. The van der Waals surface area contributed by atoms with Crippen LogP contribution < -0.4 is 4.74 Å². The summed E-state index contributed by atoms with van der Waals surface area (Å²) in [5, 5.41) is 23.9. The molecule has 8 heteroatoms. The monoisotopic (exact) mass is 789 g/mol. The molecule has 1 N–H and O–H groups in total. The predicted molar refractivity (Wildman–Crippen MR) is 226 cm³/mol. The second-order valence-electron chi connectivity index (χ2n) is 14.8. The number of aliphatic hydroxyl groups is 1. The third-order valence-corrected chi connectivity index (χ3v) is 10.7. The van der Waals surface area contributed by atoms with Gasteiger partial charge in [-0.05, 0) is 63.9 Å². The fourth-order valence-electron chi connectivity index (χ4n) is 7.51. The van der Waals surface area contributed by atoms with E-state index in [-0.39, 0.29) is 32.2 Å². The maximum atomic E-state index is 13.5. The van der Waals surface area contributed by atoms with Crippen molar-refractivity contribution < 1.29 is 33.5 Å². The summed E-state index contributed by atoms with van der Waals surface area (Å²) < 4.78 is 39.9. The highest BCUT2D eigenvalue weighted by molar-refractivity contribution is 5.52. The molecule has 1 saturated heterocycles. The first-order chi connectivity index (χ1) is 29.0. The van der Waals surface area contributed by atoms with Crippen LogP contribution in [0.15, 0.2) is 158 Å². The molecular formula is C51H51NO7. The fraction of sp³-hybridized carbons (Fsp3) is 0.275. The van der Waals surface area contributed by atoms with Crippen molar-refractivity contribution >= 4 is 0 Å². The summed E-state index contributed by atoms with van der Waals surface area (Å²) in [6, 6.07) is 53.6. The molecule has 0 saturated carbocycles. The van der Waals surface area contributed by atoms with Gasteiger partial charge < -0.3 is 33.5 Å². The standard InChI is InChI=1S/C51H51NO7/c1-3-37-24-26-38(27-25-37)28-43-29-45(46(54-2)30-44(43)31-52)51(53)50(58-35-42-22-14-7-15-23-42)49(57-34-41-20-12-6-13-21-41)48(56-33-40-18-10-5-11-19-40)47(59-51)36-55-32-39-16-8-4-9-17-39/h4-27,29-30,47-50,53H,3,28,32-36H2,1-2H3/t47-,48-,49+,50-,51-/m1/s1. The van der Waals surface area contributed by atoms with Crippen molar-refractivity contribution in [2.24, 2.45) is 0 Å². The molecule has 302 valence electrons. The van der Waals surface area contributed by atoms with Crippen molar-refractivity contribution in [1.29, 1.82) is 5.26 Å². The van der Waals surface area contributed by atoms with Gasteiger partial charge in [-0.1, -0.05) is 153 Å². The lowest BCUT2D eigenvalue weighted by molar-refractivity contribution is -0.379. The highest BCUT2D eigenvalue weighted by atomic mass is 16.7. The van der Waals surface area contributed by atoms with Crippen LogP contribution in [-0.2, 0) is 68.7 Å². The van der Waals surface area contributed by atoms with E-state index in [1.807, 2.05) is 127 Å². The Kier molecular flexibility index (Phi) is 14.3. The topological polar surface area (TPSA) is 99.4 Å². The van der Waals surface area contributed by atoms with E-state index in [0.29, 0.717) is 29.7 Å². The van der Waals surface area contributed by atoms with E-state index in [1.165, 1.54) is 12.7 Å². The lowest BCUT2D eigenvalue weighted by Crippen LogP contribution is -2.65. The molecule has 59 heavy (non-hydrogen) atoms. The highest BCUT2D eigenvalue weighted by Gasteiger charge is 2.58. The first kappa shape index (κ1) is 41.5. The van der Waals surface area contributed by atoms with Crippen LogP contribution in [0.25, 0.3) is 0 Å². The van der Waals surface area contributed by atoms with Crippen molar-refractivity contribution in [2.45, 2.75) is 76.4 Å². The number of hydrogen-bond acceptors (Lipinski definition) is 8. The van der Waals surface area contributed by atoms with Crippen LogP contribution in [0.3, 0.4) is 0 Å². The van der Waals surface area contributed by atoms with Gasteiger partial charge in [0.15, 0.2) is 0 Å². The summed E-state index contributed by atoms with van der Waals surface area (Å²) in [7, 11) is 1.52. The SMILES string of the molecule is CCc1ccc(Cc2cc([C@@]3(O)O[C@H](COCc4ccccc4)[C@@H](OCc4ccccc4)[C@H](OCc4ccccc4)[C@H]3OCc3ccccc3)c(OC)cc2C#N)cc1. The van der Waals surface area contributed by atoms with Gasteiger partial charge in [-0.15, -0.1) is 0 Å². The quantitative estimate of drug-likeness (QED) is 0.0921. The molecule has 0 unspecified atom stereocenters. The van der Waals surface area contributed by atoms with Gasteiger partial charge in [0, 0.05) is 0 Å². The van der Waals surface area contributed by atoms with E-state index in [2.05, 4.69) is 37.3 Å². The minimum atomic E-state index is -2.18. The Morgan fingerprint density at radius 1 is 0.610 bits per heavy atom. The molecule has 5 atom stereocenters. The van der Waals surface area contributed by atoms with Crippen LogP contribution in [0.4, 0.5) is 0 Å². The summed E-state index contributed by atoms with van der Waals surface area (Å²) in [6.07, 6.45) is -2.30. The van der Waals surface area contributed by atoms with Crippen LogP contribution >= 0.6 is 0 Å². The van der Waals surface area contributed by atoms with Gasteiger partial charge in [0.2, 0.25) is 5.79 Å². The molecule has 1 fully saturated rings. The molecule has 0 bridgehead atoms. The lowest BCUT2D eigenvalue weighted by Gasteiger charge is -2.50. The lowest BCUT2D eigenvalue weighted by atomic mass is 9.85. The van der Waals surface area contributed by atoms with Gasteiger partial charge in [-0.2, -0.15) is 5.26 Å². The number of hydrogen-bond donors (Lipinski definition) is 1. The van der Waals surface area contributed by atoms with Crippen molar-refractivity contribution in [3.05, 3.63) is 208 Å². The van der Waals surface area contributed by atoms with Gasteiger partial charge >= 0.3 is 0 Å². The fourth-order valence-corrected chi connectivity index (χ4v) is 7.51. The number of nitriles is 1. The normalized spacial score (nSPS) is 20.2. The van der Waals surface area contributed by atoms with E-state index in [0.717, 1.165) is 34.2 Å². The van der Waals surface area contributed by atoms with E-state index in [1.54, 1.807) is 6.07 Å². The zero-order chi connectivity index (χ0) is 40.9. The Hall–Kier alpha value is -5.63. The Morgan fingerprint density at radius 2 is 1.10 bits per heavy atom. The third kappa shape index (κ3) is 10.5. The average molecular weight is 790 g/mol. The maximum absolute atomic E-state index is 13.5. The number of nitrogens with zero attached hydrogens (tertiary/aromatic N) is 1. The van der Waals surface area contributed by atoms with E-state index in [9.17, 15) is 10.4 Å². The zero-order valence-corrected chi connectivity index (χ0v) is 33.6. The Bertz CT molecular complexity index is 2230. The molecule has 1 heterocycles. The molecule has 0 spiro atoms. The van der Waals surface area contributed by atoms with Gasteiger partial charge in [0.05, 0.1) is 57.3 Å². The molecule has 1 aliphatic heterocycles. The van der Waals surface area contributed by atoms with E-state index < -0.39 is 30.2 Å². The molecule has 6 aromatic carbocycles. The predicted octanol–water partition coefficient (Wildman–Crippen LogP) is 9.24. The Labute approximate surface area is 347 Å². The highest BCUT2D eigenvalue weighted by Crippen LogP contribution is 2.45. The first-order valence-corrected chi connectivity index (χ1v) is 20.1. The minimum Gasteiger partial charge on any atom is -0.496 e. The van der Waals surface area contributed by atoms with Crippen LogP contribution in [0.1, 0.15) is 57.0 Å². The largest absolute Gasteiger partial charge is 0.496 e. The van der Waals surface area contributed by atoms with Crippen molar-refractivity contribution in [3.63, 3.8) is 0 Å².